The molecule has 0 unspecified atom stereocenters. The number of anilines is 1. The lowest BCUT2D eigenvalue weighted by Gasteiger charge is -2.32. The van der Waals surface area contributed by atoms with E-state index in [0.29, 0.717) is 6.42 Å². The quantitative estimate of drug-likeness (QED) is 0.719. The first kappa shape index (κ1) is 20.5. The van der Waals surface area contributed by atoms with Gasteiger partial charge in [0.05, 0.1) is 23.2 Å². The summed E-state index contributed by atoms with van der Waals surface area (Å²) in [5.41, 5.74) is 3.99. The molecule has 1 aromatic carbocycles. The summed E-state index contributed by atoms with van der Waals surface area (Å²) in [7, 11) is -0.350. The van der Waals surface area contributed by atoms with Gasteiger partial charge in [0.1, 0.15) is 5.82 Å². The lowest BCUT2D eigenvalue weighted by molar-refractivity contribution is -0.138. The predicted octanol–water partition coefficient (Wildman–Crippen LogP) is 3.67. The largest absolute Gasteiger partial charge is 0.495 e. The Labute approximate surface area is 183 Å². The Morgan fingerprint density at radius 1 is 1.16 bits per heavy atom. The molecular weight excluding hydrogens is 391 g/mol. The van der Waals surface area contributed by atoms with Crippen LogP contribution in [0.4, 0.5) is 5.82 Å². The number of carboxylic acid groups (broad SMARTS) is 1. The maximum atomic E-state index is 11.1. The van der Waals surface area contributed by atoms with Crippen LogP contribution in [0, 0.1) is 5.92 Å². The zero-order valence-corrected chi connectivity index (χ0v) is 18.5. The first-order valence-electron chi connectivity index (χ1n) is 11.1. The van der Waals surface area contributed by atoms with E-state index < -0.39 is 5.97 Å². The molecule has 0 amide bonds. The fourth-order valence-corrected chi connectivity index (χ4v) is 4.75. The summed E-state index contributed by atoms with van der Waals surface area (Å²) in [5.74, 6) is -0.0489. The second kappa shape index (κ2) is 7.07. The molecule has 1 aromatic heterocycles. The van der Waals surface area contributed by atoms with E-state index in [1.165, 1.54) is 11.1 Å². The van der Waals surface area contributed by atoms with Gasteiger partial charge < -0.3 is 19.7 Å². The Bertz CT molecular complexity index is 1000. The number of pyridine rings is 1. The van der Waals surface area contributed by atoms with Gasteiger partial charge in [-0.3, -0.25) is 4.79 Å². The summed E-state index contributed by atoms with van der Waals surface area (Å²) in [5, 5.41) is 12.7. The van der Waals surface area contributed by atoms with Crippen LogP contribution < -0.4 is 10.8 Å². The van der Waals surface area contributed by atoms with E-state index in [1.807, 2.05) is 18.3 Å². The van der Waals surface area contributed by atoms with Crippen LogP contribution in [0.1, 0.15) is 69.2 Å². The number of benzene rings is 1. The van der Waals surface area contributed by atoms with Gasteiger partial charge in [-0.15, -0.1) is 0 Å². The number of aromatic nitrogens is 1. The predicted molar refractivity (Wildman–Crippen MR) is 120 cm³/mol. The first-order valence-corrected chi connectivity index (χ1v) is 11.1. The fourth-order valence-electron chi connectivity index (χ4n) is 4.75. The summed E-state index contributed by atoms with van der Waals surface area (Å²) >= 11 is 0. The van der Waals surface area contributed by atoms with Crippen molar-refractivity contribution in [2.75, 3.05) is 5.32 Å². The van der Waals surface area contributed by atoms with Crippen molar-refractivity contribution in [2.45, 2.75) is 70.1 Å². The molecule has 0 bridgehead atoms. The summed E-state index contributed by atoms with van der Waals surface area (Å²) in [6, 6.07) is 10.5. The molecule has 2 N–H and O–H groups in total. The van der Waals surface area contributed by atoms with Crippen molar-refractivity contribution in [1.29, 1.82) is 0 Å². The van der Waals surface area contributed by atoms with Gasteiger partial charge in [-0.2, -0.15) is 0 Å². The first-order chi connectivity index (χ1) is 14.7. The van der Waals surface area contributed by atoms with Crippen LogP contribution in [-0.2, 0) is 20.5 Å². The highest BCUT2D eigenvalue weighted by atomic mass is 16.7. The maximum absolute atomic E-state index is 11.1. The van der Waals surface area contributed by atoms with E-state index in [2.05, 4.69) is 56.2 Å². The number of aliphatic carboxylic acids is 1. The molecule has 6 nitrogen and oxygen atoms in total. The molecule has 1 saturated carbocycles. The van der Waals surface area contributed by atoms with Crippen LogP contribution in [0.5, 0.6) is 0 Å². The molecule has 7 heteroatoms. The van der Waals surface area contributed by atoms with Crippen molar-refractivity contribution < 1.29 is 19.2 Å². The van der Waals surface area contributed by atoms with Crippen LogP contribution in [0.2, 0.25) is 0 Å². The highest BCUT2D eigenvalue weighted by Crippen LogP contribution is 2.47. The number of hydrogen-bond donors (Lipinski definition) is 2. The maximum Gasteiger partial charge on any atom is 0.495 e. The number of rotatable bonds is 5. The van der Waals surface area contributed by atoms with Crippen molar-refractivity contribution in [1.82, 2.24) is 4.98 Å². The number of carboxylic acids is 1. The van der Waals surface area contributed by atoms with E-state index in [4.69, 9.17) is 14.4 Å². The van der Waals surface area contributed by atoms with Crippen molar-refractivity contribution >= 4 is 24.4 Å². The van der Waals surface area contributed by atoms with Crippen LogP contribution in [0.25, 0.3) is 0 Å². The van der Waals surface area contributed by atoms with Gasteiger partial charge in [-0.05, 0) is 81.1 Å². The smallest absolute Gasteiger partial charge is 0.481 e. The number of carbonyl (C=O) groups is 1. The van der Waals surface area contributed by atoms with Crippen molar-refractivity contribution in [3.8, 4) is 0 Å². The molecule has 1 saturated heterocycles. The summed E-state index contributed by atoms with van der Waals surface area (Å²) in [6.45, 7) is 8.32. The van der Waals surface area contributed by atoms with Gasteiger partial charge in [0.25, 0.3) is 0 Å². The van der Waals surface area contributed by atoms with Gasteiger partial charge in [0.15, 0.2) is 0 Å². The highest BCUT2D eigenvalue weighted by molar-refractivity contribution is 6.62. The molecule has 31 heavy (non-hydrogen) atoms. The van der Waals surface area contributed by atoms with Crippen LogP contribution in [0.3, 0.4) is 0 Å². The van der Waals surface area contributed by atoms with Crippen LogP contribution >= 0.6 is 0 Å². The van der Waals surface area contributed by atoms with Crippen LogP contribution in [-0.4, -0.2) is 34.4 Å². The number of nitrogens with zero attached hydrogens (tertiary/aromatic N) is 1. The lowest BCUT2D eigenvalue weighted by Crippen LogP contribution is -2.41. The number of fused-ring (bicyclic) bond motifs is 1. The van der Waals surface area contributed by atoms with Gasteiger partial charge in [-0.1, -0.05) is 24.3 Å². The molecule has 162 valence electrons. The molecule has 0 radical (unpaired) electrons. The third-order valence-electron chi connectivity index (χ3n) is 7.46. The van der Waals surface area contributed by atoms with Gasteiger partial charge in [0, 0.05) is 6.20 Å². The molecule has 2 heterocycles. The van der Waals surface area contributed by atoms with Crippen molar-refractivity contribution in [3.05, 3.63) is 53.2 Å². The molecule has 2 aliphatic carbocycles. The SMILES string of the molecule is CC1(C)OB(c2cccc3c2CC[C@H]3Nc2ccc([C@H]3C[C@@H]3C(=O)O)cn2)OC1(C)C. The topological polar surface area (TPSA) is 80.7 Å². The minimum absolute atomic E-state index is 0.105. The Hall–Kier alpha value is -2.38. The summed E-state index contributed by atoms with van der Waals surface area (Å²) in [6.07, 6.45) is 4.47. The number of nitrogens with one attached hydrogen (secondary N) is 1. The van der Waals surface area contributed by atoms with Gasteiger partial charge >= 0.3 is 13.1 Å². The molecular formula is C24H29BN2O4. The molecule has 3 aliphatic rings. The zero-order chi connectivity index (χ0) is 22.0. The highest BCUT2D eigenvalue weighted by Gasteiger charge is 2.52. The second-order valence-corrected chi connectivity index (χ2v) is 10.0. The Kier molecular flexibility index (Phi) is 4.68. The molecule has 2 aromatic rings. The standard InChI is InChI=1S/C24H29BN2O4/c1-23(2)24(3,4)31-25(30-23)19-7-5-6-16-15(19)9-10-20(16)27-21-11-8-14(13-26-21)17-12-18(17)22(28)29/h5-8,11,13,17-18,20H,9-10,12H2,1-4H3,(H,26,27)(H,28,29)/t17-,18+,20-/m1/s1. The number of hydrogen-bond acceptors (Lipinski definition) is 5. The fraction of sp³-hybridized carbons (Fsp3) is 0.500. The molecule has 2 fully saturated rings. The van der Waals surface area contributed by atoms with Gasteiger partial charge in [-0.25, -0.2) is 4.98 Å². The average molecular weight is 420 g/mol. The third kappa shape index (κ3) is 3.54. The molecule has 0 spiro atoms. The molecule has 3 atom stereocenters. The Balaban J connectivity index is 1.32. The minimum atomic E-state index is -0.715. The minimum Gasteiger partial charge on any atom is -0.481 e. The molecule has 1 aliphatic heterocycles. The third-order valence-corrected chi connectivity index (χ3v) is 7.46. The molecule has 5 rings (SSSR count). The average Bonchev–Trinajstić information content (AvgIpc) is 3.37. The van der Waals surface area contributed by atoms with E-state index >= 15 is 0 Å². The van der Waals surface area contributed by atoms with Crippen LogP contribution in [0.15, 0.2) is 36.5 Å². The Morgan fingerprint density at radius 2 is 1.90 bits per heavy atom. The van der Waals surface area contributed by atoms with E-state index in [-0.39, 0.29) is 36.2 Å². The van der Waals surface area contributed by atoms with E-state index in [9.17, 15) is 4.79 Å². The Morgan fingerprint density at radius 3 is 2.52 bits per heavy atom. The monoisotopic (exact) mass is 420 g/mol. The summed E-state index contributed by atoms with van der Waals surface area (Å²) in [4.78, 5) is 15.7. The van der Waals surface area contributed by atoms with E-state index in [1.54, 1.807) is 0 Å². The van der Waals surface area contributed by atoms with Crippen molar-refractivity contribution in [2.24, 2.45) is 5.92 Å². The van der Waals surface area contributed by atoms with Gasteiger partial charge in [0.2, 0.25) is 0 Å². The summed E-state index contributed by atoms with van der Waals surface area (Å²) < 4.78 is 12.6. The lowest BCUT2D eigenvalue weighted by atomic mass is 9.75. The van der Waals surface area contributed by atoms with E-state index in [0.717, 1.165) is 29.7 Å². The second-order valence-electron chi connectivity index (χ2n) is 10.0. The van der Waals surface area contributed by atoms with Crippen molar-refractivity contribution in [3.63, 3.8) is 0 Å². The normalized spacial score (nSPS) is 27.7. The zero-order valence-electron chi connectivity index (χ0n) is 18.5.